The van der Waals surface area contributed by atoms with Gasteiger partial charge in [-0.1, -0.05) is 23.7 Å². The lowest BCUT2D eigenvalue weighted by Crippen LogP contribution is -2.40. The predicted molar refractivity (Wildman–Crippen MR) is 84.5 cm³/mol. The minimum absolute atomic E-state index is 0.000602. The third kappa shape index (κ3) is 4.38. The van der Waals surface area contributed by atoms with Crippen LogP contribution in [0.1, 0.15) is 24.4 Å². The van der Waals surface area contributed by atoms with E-state index in [0.29, 0.717) is 11.6 Å². The van der Waals surface area contributed by atoms with E-state index in [2.05, 4.69) is 4.74 Å². The smallest absolute Gasteiger partial charge is 0.306 e. The van der Waals surface area contributed by atoms with Crippen molar-refractivity contribution in [1.82, 2.24) is 4.90 Å². The molecule has 21 heavy (non-hydrogen) atoms. The number of nitrogens with zero attached hydrogens (tertiary/aromatic N) is 1. The van der Waals surface area contributed by atoms with E-state index in [1.54, 1.807) is 0 Å². The van der Waals surface area contributed by atoms with Gasteiger partial charge in [0.1, 0.15) is 0 Å². The Labute approximate surface area is 133 Å². The highest BCUT2D eigenvalue weighted by molar-refractivity contribution is 7.99. The van der Waals surface area contributed by atoms with Crippen molar-refractivity contribution >= 4 is 35.2 Å². The number of esters is 1. The molecule has 0 aromatic heterocycles. The Morgan fingerprint density at radius 2 is 2.05 bits per heavy atom. The molecule has 0 saturated carbocycles. The number of hydrogen-bond donors (Lipinski definition) is 0. The summed E-state index contributed by atoms with van der Waals surface area (Å²) in [5, 5.41) is 0.686. The summed E-state index contributed by atoms with van der Waals surface area (Å²) in [6, 6.07) is 7.64. The van der Waals surface area contributed by atoms with E-state index in [0.717, 1.165) is 17.1 Å². The molecular weight excluding hydrogens is 310 g/mol. The molecule has 1 unspecified atom stereocenters. The van der Waals surface area contributed by atoms with Crippen LogP contribution in [0.15, 0.2) is 24.3 Å². The van der Waals surface area contributed by atoms with E-state index in [-0.39, 0.29) is 30.8 Å². The molecule has 6 heteroatoms. The molecule has 0 N–H and O–H groups in total. The summed E-state index contributed by atoms with van der Waals surface area (Å²) in [7, 11) is 1.33. The first-order valence-corrected chi connectivity index (χ1v) is 8.34. The van der Waals surface area contributed by atoms with Crippen molar-refractivity contribution in [3.8, 4) is 0 Å². The Balaban J connectivity index is 2.06. The second kappa shape index (κ2) is 7.71. The first-order valence-electron chi connectivity index (χ1n) is 6.81. The van der Waals surface area contributed by atoms with E-state index in [1.165, 1.54) is 7.11 Å². The van der Waals surface area contributed by atoms with Gasteiger partial charge in [-0.05, 0) is 17.7 Å². The zero-order chi connectivity index (χ0) is 15.2. The summed E-state index contributed by atoms with van der Waals surface area (Å²) >= 11 is 7.75. The van der Waals surface area contributed by atoms with E-state index in [1.807, 2.05) is 40.9 Å². The fraction of sp³-hybridized carbons (Fsp3) is 0.467. The molecule has 1 amide bonds. The molecule has 1 saturated heterocycles. The monoisotopic (exact) mass is 327 g/mol. The summed E-state index contributed by atoms with van der Waals surface area (Å²) in [5.41, 5.74) is 1.08. The van der Waals surface area contributed by atoms with Crippen LogP contribution in [-0.2, 0) is 14.3 Å². The highest BCUT2D eigenvalue weighted by Gasteiger charge is 2.28. The maximum absolute atomic E-state index is 12.4. The van der Waals surface area contributed by atoms with E-state index in [9.17, 15) is 9.59 Å². The van der Waals surface area contributed by atoms with Crippen LogP contribution in [0.5, 0.6) is 0 Å². The Bertz CT molecular complexity index is 506. The van der Waals surface area contributed by atoms with Crippen LogP contribution in [0.2, 0.25) is 5.02 Å². The summed E-state index contributed by atoms with van der Waals surface area (Å²) in [6.45, 7) is 0.706. The van der Waals surface area contributed by atoms with Crippen LogP contribution in [0.25, 0.3) is 0 Å². The number of ether oxygens (including phenoxy) is 1. The first-order chi connectivity index (χ1) is 10.1. The third-order valence-corrected chi connectivity index (χ3v) is 4.75. The van der Waals surface area contributed by atoms with Gasteiger partial charge in [-0.3, -0.25) is 9.59 Å². The normalized spacial score (nSPS) is 18.4. The van der Waals surface area contributed by atoms with Crippen molar-refractivity contribution in [1.29, 1.82) is 0 Å². The number of carbonyl (C=O) groups is 2. The van der Waals surface area contributed by atoms with Crippen LogP contribution in [-0.4, -0.2) is 41.9 Å². The van der Waals surface area contributed by atoms with Crippen LogP contribution in [0.4, 0.5) is 0 Å². The van der Waals surface area contributed by atoms with Crippen LogP contribution in [0.3, 0.4) is 0 Å². The molecular formula is C15H18ClNO3S. The topological polar surface area (TPSA) is 46.6 Å². The summed E-state index contributed by atoms with van der Waals surface area (Å²) < 4.78 is 4.58. The standard InChI is InChI=1S/C15H18ClNO3S/c1-20-15(19)7-6-14(18)17-8-9-21-10-13(17)11-2-4-12(16)5-3-11/h2-5,13H,6-10H2,1H3. The van der Waals surface area contributed by atoms with Gasteiger partial charge in [-0.15, -0.1) is 0 Å². The van der Waals surface area contributed by atoms with Gasteiger partial charge in [-0.25, -0.2) is 0 Å². The van der Waals surface area contributed by atoms with Crippen molar-refractivity contribution in [3.05, 3.63) is 34.9 Å². The Morgan fingerprint density at radius 1 is 1.33 bits per heavy atom. The van der Waals surface area contributed by atoms with Gasteiger partial charge >= 0.3 is 5.97 Å². The van der Waals surface area contributed by atoms with Gasteiger partial charge in [0, 0.05) is 29.5 Å². The number of methoxy groups -OCH3 is 1. The lowest BCUT2D eigenvalue weighted by atomic mass is 10.1. The molecule has 1 aromatic carbocycles. The Hall–Kier alpha value is -1.20. The van der Waals surface area contributed by atoms with Crippen molar-refractivity contribution in [2.45, 2.75) is 18.9 Å². The second-order valence-electron chi connectivity index (χ2n) is 4.81. The van der Waals surface area contributed by atoms with Gasteiger partial charge in [0.15, 0.2) is 0 Å². The van der Waals surface area contributed by atoms with E-state index >= 15 is 0 Å². The molecule has 1 fully saturated rings. The summed E-state index contributed by atoms with van der Waals surface area (Å²) in [4.78, 5) is 25.4. The molecule has 2 rings (SSSR count). The molecule has 1 atom stereocenters. The van der Waals surface area contributed by atoms with Crippen LogP contribution < -0.4 is 0 Å². The van der Waals surface area contributed by atoms with Crippen LogP contribution >= 0.6 is 23.4 Å². The number of carbonyl (C=O) groups excluding carboxylic acids is 2. The van der Waals surface area contributed by atoms with Crippen LogP contribution in [0, 0.1) is 0 Å². The zero-order valence-electron chi connectivity index (χ0n) is 11.9. The Kier molecular flexibility index (Phi) is 5.94. The molecule has 0 radical (unpaired) electrons. The molecule has 114 valence electrons. The number of halogens is 1. The maximum atomic E-state index is 12.4. The Morgan fingerprint density at radius 3 is 2.71 bits per heavy atom. The summed E-state index contributed by atoms with van der Waals surface area (Å²) in [6.07, 6.45) is 0.327. The lowest BCUT2D eigenvalue weighted by molar-refractivity contribution is -0.144. The molecule has 0 aliphatic carbocycles. The van der Waals surface area contributed by atoms with Crippen molar-refractivity contribution < 1.29 is 14.3 Å². The predicted octanol–water partition coefficient (Wildman–Crippen LogP) is 2.91. The molecule has 4 nitrogen and oxygen atoms in total. The van der Waals surface area contributed by atoms with Crippen molar-refractivity contribution in [3.63, 3.8) is 0 Å². The first kappa shape index (κ1) is 16.2. The quantitative estimate of drug-likeness (QED) is 0.798. The van der Waals surface area contributed by atoms with Gasteiger partial charge in [-0.2, -0.15) is 11.8 Å². The molecule has 0 spiro atoms. The zero-order valence-corrected chi connectivity index (χ0v) is 13.5. The largest absolute Gasteiger partial charge is 0.469 e. The number of benzene rings is 1. The maximum Gasteiger partial charge on any atom is 0.306 e. The molecule has 1 aliphatic heterocycles. The molecule has 1 aromatic rings. The molecule has 0 bridgehead atoms. The lowest BCUT2D eigenvalue weighted by Gasteiger charge is -2.36. The highest BCUT2D eigenvalue weighted by atomic mass is 35.5. The minimum Gasteiger partial charge on any atom is -0.469 e. The SMILES string of the molecule is COC(=O)CCC(=O)N1CCSCC1c1ccc(Cl)cc1. The number of thioether (sulfide) groups is 1. The molecule has 1 heterocycles. The van der Waals surface area contributed by atoms with Gasteiger partial charge < -0.3 is 9.64 Å². The van der Waals surface area contributed by atoms with Gasteiger partial charge in [0.2, 0.25) is 5.91 Å². The van der Waals surface area contributed by atoms with Crippen molar-refractivity contribution in [2.24, 2.45) is 0 Å². The minimum atomic E-state index is -0.349. The van der Waals surface area contributed by atoms with E-state index < -0.39 is 0 Å². The van der Waals surface area contributed by atoms with Crippen molar-refractivity contribution in [2.75, 3.05) is 25.2 Å². The number of amides is 1. The van der Waals surface area contributed by atoms with Gasteiger partial charge in [0.25, 0.3) is 0 Å². The second-order valence-corrected chi connectivity index (χ2v) is 6.39. The average Bonchev–Trinajstić information content (AvgIpc) is 2.53. The van der Waals surface area contributed by atoms with Gasteiger partial charge in [0.05, 0.1) is 19.6 Å². The highest BCUT2D eigenvalue weighted by Crippen LogP contribution is 2.30. The fourth-order valence-corrected chi connectivity index (χ4v) is 3.53. The third-order valence-electron chi connectivity index (χ3n) is 3.47. The number of hydrogen-bond acceptors (Lipinski definition) is 4. The van der Waals surface area contributed by atoms with E-state index in [4.69, 9.17) is 11.6 Å². The number of rotatable bonds is 4. The molecule has 1 aliphatic rings. The average molecular weight is 328 g/mol. The summed E-state index contributed by atoms with van der Waals surface area (Å²) in [5.74, 6) is 1.44. The fourth-order valence-electron chi connectivity index (χ4n) is 2.32.